The van der Waals surface area contributed by atoms with E-state index >= 15 is 0 Å². The van der Waals surface area contributed by atoms with Crippen molar-refractivity contribution in [3.63, 3.8) is 0 Å². The van der Waals surface area contributed by atoms with Gasteiger partial charge in [0.05, 0.1) is 32.1 Å². The van der Waals surface area contributed by atoms with Gasteiger partial charge in [-0.05, 0) is 54.4 Å². The monoisotopic (exact) mass is 446 g/mol. The van der Waals surface area contributed by atoms with Crippen molar-refractivity contribution in [3.05, 3.63) is 83.7 Å². The lowest BCUT2D eigenvalue weighted by molar-refractivity contribution is 0.0352. The number of amides is 1. The highest BCUT2D eigenvalue weighted by atomic mass is 16.5. The number of nitrogens with one attached hydrogen (secondary N) is 1. The van der Waals surface area contributed by atoms with Gasteiger partial charge >= 0.3 is 0 Å². The van der Waals surface area contributed by atoms with E-state index in [0.29, 0.717) is 36.9 Å². The Labute approximate surface area is 192 Å². The van der Waals surface area contributed by atoms with Gasteiger partial charge in [0.1, 0.15) is 6.73 Å². The molecule has 1 N–H and O–H groups in total. The van der Waals surface area contributed by atoms with Crippen molar-refractivity contribution in [2.24, 2.45) is 5.10 Å². The summed E-state index contributed by atoms with van der Waals surface area (Å²) in [5, 5.41) is 9.55. The molecule has 3 aromatic rings. The number of benzene rings is 2. The summed E-state index contributed by atoms with van der Waals surface area (Å²) in [5.74, 6) is 1.15. The van der Waals surface area contributed by atoms with Crippen LogP contribution in [0.25, 0.3) is 0 Å². The molecule has 1 aliphatic heterocycles. The normalized spacial score (nSPS) is 13.3. The third-order valence-corrected chi connectivity index (χ3v) is 5.25. The first-order chi connectivity index (χ1) is 16.2. The number of carbonyl (C=O) groups excluding carboxylic acids is 1. The summed E-state index contributed by atoms with van der Waals surface area (Å²) in [7, 11) is 3.23. The fraction of sp³-hybridized carbons (Fsp3) is 0.240. The van der Waals surface area contributed by atoms with Crippen LogP contribution in [0.15, 0.2) is 72.1 Å². The lowest BCUT2D eigenvalue weighted by atomic mass is 10.1. The Balaban J connectivity index is 1.35. The van der Waals surface area contributed by atoms with Crippen LogP contribution in [0.3, 0.4) is 0 Å². The molecule has 0 saturated heterocycles. The second kappa shape index (κ2) is 10.6. The number of rotatable bonds is 8. The van der Waals surface area contributed by atoms with Gasteiger partial charge in [0.25, 0.3) is 5.91 Å². The van der Waals surface area contributed by atoms with E-state index < -0.39 is 0 Å². The maximum absolute atomic E-state index is 12.3. The van der Waals surface area contributed by atoms with Gasteiger partial charge in [-0.25, -0.2) is 0 Å². The summed E-state index contributed by atoms with van der Waals surface area (Å²) in [6.45, 7) is 1.59. The Morgan fingerprint density at radius 3 is 2.64 bits per heavy atom. The Morgan fingerprint density at radius 2 is 1.91 bits per heavy atom. The molecule has 8 nitrogen and oxygen atoms in total. The van der Waals surface area contributed by atoms with Crippen molar-refractivity contribution < 1.29 is 19.0 Å². The van der Waals surface area contributed by atoms with E-state index in [1.807, 2.05) is 47.5 Å². The maximum Gasteiger partial charge on any atom is 0.257 e. The van der Waals surface area contributed by atoms with E-state index in [9.17, 15) is 4.79 Å². The van der Waals surface area contributed by atoms with Crippen LogP contribution >= 0.6 is 0 Å². The molecule has 1 aromatic heterocycles. The van der Waals surface area contributed by atoms with Crippen molar-refractivity contribution in [1.82, 2.24) is 9.99 Å². The van der Waals surface area contributed by atoms with Crippen LogP contribution in [0.1, 0.15) is 21.5 Å². The fourth-order valence-electron chi connectivity index (χ4n) is 3.46. The standard InChI is InChI=1S/C25H26N4O4/c1-31-23-10-7-19(14-24(23)32-2)22-16-33-17-29(28-22)13-11-18-5-8-21(9-6-18)27-25(30)20-4-3-12-26-15-20/h3-10,12,14-15H,11,13,16-17H2,1-2H3,(H,27,30). The van der Waals surface area contributed by atoms with Gasteiger partial charge in [0.15, 0.2) is 11.5 Å². The van der Waals surface area contributed by atoms with Crippen LogP contribution in [0, 0.1) is 0 Å². The Bertz CT molecular complexity index is 1120. The Morgan fingerprint density at radius 1 is 1.09 bits per heavy atom. The summed E-state index contributed by atoms with van der Waals surface area (Å²) in [5.41, 5.74) is 4.18. The van der Waals surface area contributed by atoms with Crippen molar-refractivity contribution in [2.75, 3.05) is 39.4 Å². The first kappa shape index (κ1) is 22.3. The molecule has 8 heteroatoms. The highest BCUT2D eigenvalue weighted by molar-refractivity contribution is 6.04. The number of aromatic nitrogens is 1. The van der Waals surface area contributed by atoms with Crippen molar-refractivity contribution in [3.8, 4) is 11.5 Å². The number of hydrazone groups is 1. The SMILES string of the molecule is COc1ccc(C2=NN(CCc3ccc(NC(=O)c4cccnc4)cc3)COC2)cc1OC. The summed E-state index contributed by atoms with van der Waals surface area (Å²) in [6.07, 6.45) is 3.98. The third kappa shape index (κ3) is 5.67. The molecule has 0 bridgehead atoms. The van der Waals surface area contributed by atoms with Crippen molar-refractivity contribution in [2.45, 2.75) is 6.42 Å². The number of ether oxygens (including phenoxy) is 3. The van der Waals surface area contributed by atoms with E-state index in [1.165, 1.54) is 0 Å². The minimum absolute atomic E-state index is 0.182. The van der Waals surface area contributed by atoms with E-state index in [4.69, 9.17) is 19.3 Å². The molecule has 2 heterocycles. The second-order valence-corrected chi connectivity index (χ2v) is 7.47. The van der Waals surface area contributed by atoms with E-state index in [-0.39, 0.29) is 5.91 Å². The second-order valence-electron chi connectivity index (χ2n) is 7.47. The lowest BCUT2D eigenvalue weighted by Crippen LogP contribution is -2.32. The Kier molecular flexibility index (Phi) is 7.16. The molecule has 0 radical (unpaired) electrons. The van der Waals surface area contributed by atoms with Crippen LogP contribution in [0.5, 0.6) is 11.5 Å². The third-order valence-electron chi connectivity index (χ3n) is 5.25. The van der Waals surface area contributed by atoms with Crippen LogP contribution in [0.4, 0.5) is 5.69 Å². The number of anilines is 1. The summed E-state index contributed by atoms with van der Waals surface area (Å²) in [4.78, 5) is 16.2. The molecule has 33 heavy (non-hydrogen) atoms. The lowest BCUT2D eigenvalue weighted by Gasteiger charge is -2.25. The zero-order valence-corrected chi connectivity index (χ0v) is 18.7. The molecule has 1 amide bonds. The minimum atomic E-state index is -0.182. The van der Waals surface area contributed by atoms with Crippen molar-refractivity contribution >= 4 is 17.3 Å². The van der Waals surface area contributed by atoms with Gasteiger partial charge in [-0.3, -0.25) is 14.8 Å². The predicted octanol–water partition coefficient (Wildman–Crippen LogP) is 3.59. The van der Waals surface area contributed by atoms with Gasteiger partial charge in [-0.1, -0.05) is 12.1 Å². The van der Waals surface area contributed by atoms with Gasteiger partial charge in [0.2, 0.25) is 0 Å². The zero-order valence-electron chi connectivity index (χ0n) is 18.7. The molecule has 0 atom stereocenters. The minimum Gasteiger partial charge on any atom is -0.493 e. The van der Waals surface area contributed by atoms with Crippen molar-refractivity contribution in [1.29, 1.82) is 0 Å². The molecule has 1 aliphatic rings. The first-order valence-corrected chi connectivity index (χ1v) is 10.6. The van der Waals surface area contributed by atoms with Crippen LogP contribution in [0.2, 0.25) is 0 Å². The molecule has 0 saturated carbocycles. The molecular weight excluding hydrogens is 420 g/mol. The smallest absolute Gasteiger partial charge is 0.257 e. The average molecular weight is 447 g/mol. The van der Waals surface area contributed by atoms with Gasteiger partial charge in [-0.15, -0.1) is 0 Å². The van der Waals surface area contributed by atoms with Crippen LogP contribution in [-0.2, 0) is 11.2 Å². The molecule has 0 fully saturated rings. The molecular formula is C25H26N4O4. The number of carbonyl (C=O) groups is 1. The number of pyridine rings is 1. The predicted molar refractivity (Wildman–Crippen MR) is 126 cm³/mol. The largest absolute Gasteiger partial charge is 0.493 e. The van der Waals surface area contributed by atoms with Gasteiger partial charge < -0.3 is 19.5 Å². The quantitative estimate of drug-likeness (QED) is 0.569. The number of hydrogen-bond acceptors (Lipinski definition) is 7. The molecule has 0 aliphatic carbocycles. The van der Waals surface area contributed by atoms with Gasteiger partial charge in [-0.2, -0.15) is 5.10 Å². The molecule has 4 rings (SSSR count). The van der Waals surface area contributed by atoms with E-state index in [1.54, 1.807) is 38.7 Å². The van der Waals surface area contributed by atoms with Crippen LogP contribution in [-0.4, -0.2) is 55.7 Å². The highest BCUT2D eigenvalue weighted by Crippen LogP contribution is 2.28. The number of nitrogens with zero attached hydrogens (tertiary/aromatic N) is 3. The Hall–Kier alpha value is -3.91. The zero-order chi connectivity index (χ0) is 23.0. The van der Waals surface area contributed by atoms with Crippen LogP contribution < -0.4 is 14.8 Å². The van der Waals surface area contributed by atoms with Gasteiger partial charge in [0, 0.05) is 30.2 Å². The maximum atomic E-state index is 12.3. The van der Waals surface area contributed by atoms with E-state index in [0.717, 1.165) is 28.9 Å². The molecule has 0 unspecified atom stereocenters. The molecule has 170 valence electrons. The topological polar surface area (TPSA) is 85.3 Å². The number of hydrogen-bond donors (Lipinski definition) is 1. The number of methoxy groups -OCH3 is 2. The first-order valence-electron chi connectivity index (χ1n) is 10.6. The molecule has 2 aromatic carbocycles. The summed E-state index contributed by atoms with van der Waals surface area (Å²) < 4.78 is 16.4. The van der Waals surface area contributed by atoms with E-state index in [2.05, 4.69) is 10.3 Å². The highest BCUT2D eigenvalue weighted by Gasteiger charge is 2.16. The fourth-order valence-corrected chi connectivity index (χ4v) is 3.46. The summed E-state index contributed by atoms with van der Waals surface area (Å²) in [6, 6.07) is 17.0. The average Bonchev–Trinajstić information content (AvgIpc) is 2.88. The summed E-state index contributed by atoms with van der Waals surface area (Å²) >= 11 is 0. The molecule has 0 spiro atoms.